The molecule has 1 N–H and O–H groups in total. The number of aromatic nitrogens is 2. The molecule has 30 heavy (non-hydrogen) atoms. The predicted octanol–water partition coefficient (Wildman–Crippen LogP) is 2.76. The van der Waals surface area contributed by atoms with Crippen LogP contribution in [0.5, 0.6) is 0 Å². The average molecular weight is 409 g/mol. The molecule has 3 rings (SSSR count). The van der Waals surface area contributed by atoms with Gasteiger partial charge in [0.15, 0.2) is 0 Å². The molecule has 0 saturated carbocycles. The van der Waals surface area contributed by atoms with Gasteiger partial charge in [-0.25, -0.2) is 4.79 Å². The molecule has 1 aromatic heterocycles. The van der Waals surface area contributed by atoms with Gasteiger partial charge in [-0.3, -0.25) is 18.7 Å². The molecule has 0 aliphatic rings. The first-order chi connectivity index (χ1) is 14.3. The lowest BCUT2D eigenvalue weighted by molar-refractivity contribution is -0.116. The van der Waals surface area contributed by atoms with Gasteiger partial charge >= 0.3 is 5.69 Å². The first-order valence-electron chi connectivity index (χ1n) is 9.92. The summed E-state index contributed by atoms with van der Waals surface area (Å²) in [7, 11) is 1.57. The number of benzene rings is 2. The highest BCUT2D eigenvalue weighted by Crippen LogP contribution is 2.22. The fraction of sp³-hybridized carbons (Fsp3) is 0.348. The first-order valence-corrected chi connectivity index (χ1v) is 9.92. The SMILES string of the molecule is COCCCn1c(=O)c2ccccc2n(CC(=O)Nc2c(C)cc(C)cc2C)c1=O. The highest BCUT2D eigenvalue weighted by atomic mass is 16.5. The number of ether oxygens (including phenoxy) is 1. The van der Waals surface area contributed by atoms with Crippen LogP contribution < -0.4 is 16.6 Å². The van der Waals surface area contributed by atoms with Gasteiger partial charge in [0.25, 0.3) is 5.56 Å². The predicted molar refractivity (Wildman–Crippen MR) is 118 cm³/mol. The molecule has 2 aromatic carbocycles. The number of carbonyl (C=O) groups is 1. The minimum atomic E-state index is -0.498. The Morgan fingerprint density at radius 2 is 1.70 bits per heavy atom. The molecule has 3 aromatic rings. The van der Waals surface area contributed by atoms with E-state index in [1.54, 1.807) is 31.4 Å². The molecule has 1 amide bonds. The van der Waals surface area contributed by atoms with Gasteiger partial charge < -0.3 is 10.1 Å². The van der Waals surface area contributed by atoms with Crippen LogP contribution in [0.15, 0.2) is 46.0 Å². The second-order valence-corrected chi connectivity index (χ2v) is 7.51. The molecule has 0 unspecified atom stereocenters. The number of carbonyl (C=O) groups excluding carboxylic acids is 1. The van der Waals surface area contributed by atoms with Crippen molar-refractivity contribution in [2.75, 3.05) is 19.0 Å². The van der Waals surface area contributed by atoms with E-state index in [1.165, 1.54) is 9.13 Å². The molecule has 0 bridgehead atoms. The number of para-hydroxylation sites is 1. The Balaban J connectivity index is 2.00. The van der Waals surface area contributed by atoms with Crippen LogP contribution in [0.3, 0.4) is 0 Å². The Morgan fingerprint density at radius 3 is 2.37 bits per heavy atom. The van der Waals surface area contributed by atoms with Crippen LogP contribution in [-0.2, 0) is 22.6 Å². The minimum absolute atomic E-state index is 0.184. The normalized spacial score (nSPS) is 11.1. The molecular formula is C23H27N3O4. The number of fused-ring (bicyclic) bond motifs is 1. The van der Waals surface area contributed by atoms with Crippen molar-refractivity contribution < 1.29 is 9.53 Å². The van der Waals surface area contributed by atoms with Crippen molar-refractivity contribution in [3.05, 3.63) is 73.9 Å². The van der Waals surface area contributed by atoms with E-state index in [-0.39, 0.29) is 24.6 Å². The van der Waals surface area contributed by atoms with Crippen molar-refractivity contribution in [3.63, 3.8) is 0 Å². The summed E-state index contributed by atoms with van der Waals surface area (Å²) in [5.74, 6) is -0.320. The van der Waals surface area contributed by atoms with Gasteiger partial charge in [0.1, 0.15) is 6.54 Å². The van der Waals surface area contributed by atoms with Gasteiger partial charge in [-0.1, -0.05) is 29.8 Å². The Kier molecular flexibility index (Phi) is 6.52. The van der Waals surface area contributed by atoms with Crippen LogP contribution in [0, 0.1) is 20.8 Å². The Labute approximate surface area is 174 Å². The van der Waals surface area contributed by atoms with Crippen LogP contribution in [0.2, 0.25) is 0 Å². The highest BCUT2D eigenvalue weighted by Gasteiger charge is 2.16. The molecule has 7 nitrogen and oxygen atoms in total. The van der Waals surface area contributed by atoms with Gasteiger partial charge in [-0.15, -0.1) is 0 Å². The summed E-state index contributed by atoms with van der Waals surface area (Å²) in [4.78, 5) is 38.7. The van der Waals surface area contributed by atoms with E-state index < -0.39 is 5.69 Å². The zero-order valence-corrected chi connectivity index (χ0v) is 17.8. The molecule has 158 valence electrons. The van der Waals surface area contributed by atoms with Crippen LogP contribution in [0.1, 0.15) is 23.1 Å². The van der Waals surface area contributed by atoms with Gasteiger partial charge in [0, 0.05) is 25.9 Å². The van der Waals surface area contributed by atoms with Crippen LogP contribution in [0.4, 0.5) is 5.69 Å². The van der Waals surface area contributed by atoms with Crippen molar-refractivity contribution in [1.29, 1.82) is 0 Å². The zero-order chi connectivity index (χ0) is 21.8. The molecule has 0 spiro atoms. The Morgan fingerprint density at radius 1 is 1.03 bits per heavy atom. The third-order valence-corrected chi connectivity index (χ3v) is 5.11. The lowest BCUT2D eigenvalue weighted by atomic mass is 10.1. The van der Waals surface area contributed by atoms with Crippen molar-refractivity contribution in [2.24, 2.45) is 0 Å². The van der Waals surface area contributed by atoms with Crippen LogP contribution in [0.25, 0.3) is 10.9 Å². The van der Waals surface area contributed by atoms with E-state index in [1.807, 2.05) is 32.9 Å². The summed E-state index contributed by atoms with van der Waals surface area (Å²) in [6.45, 7) is 6.36. The smallest absolute Gasteiger partial charge is 0.331 e. The number of nitrogens with zero attached hydrogens (tertiary/aromatic N) is 2. The molecule has 7 heteroatoms. The van der Waals surface area contributed by atoms with Crippen molar-refractivity contribution in [2.45, 2.75) is 40.3 Å². The van der Waals surface area contributed by atoms with Gasteiger partial charge in [-0.05, 0) is 50.5 Å². The molecule has 0 atom stereocenters. The van der Waals surface area contributed by atoms with E-state index in [4.69, 9.17) is 4.74 Å². The van der Waals surface area contributed by atoms with Gasteiger partial charge in [-0.2, -0.15) is 0 Å². The van der Waals surface area contributed by atoms with E-state index in [0.29, 0.717) is 23.9 Å². The lowest BCUT2D eigenvalue weighted by Crippen LogP contribution is -2.42. The van der Waals surface area contributed by atoms with Crippen molar-refractivity contribution in [1.82, 2.24) is 9.13 Å². The number of hydrogen-bond donors (Lipinski definition) is 1. The molecule has 0 aliphatic carbocycles. The highest BCUT2D eigenvalue weighted by molar-refractivity contribution is 5.93. The molecule has 0 saturated heterocycles. The maximum atomic E-state index is 13.1. The number of nitrogens with one attached hydrogen (secondary N) is 1. The number of amides is 1. The third-order valence-electron chi connectivity index (χ3n) is 5.11. The molecule has 1 heterocycles. The minimum Gasteiger partial charge on any atom is -0.385 e. The first kappa shape index (κ1) is 21.5. The second kappa shape index (κ2) is 9.09. The van der Waals surface area contributed by atoms with E-state index >= 15 is 0 Å². The summed E-state index contributed by atoms with van der Waals surface area (Å²) in [5, 5.41) is 3.33. The van der Waals surface area contributed by atoms with Gasteiger partial charge in [0.05, 0.1) is 10.9 Å². The molecule has 0 radical (unpaired) electrons. The topological polar surface area (TPSA) is 82.3 Å². The third kappa shape index (κ3) is 4.36. The average Bonchev–Trinajstić information content (AvgIpc) is 2.70. The van der Waals surface area contributed by atoms with E-state index in [9.17, 15) is 14.4 Å². The van der Waals surface area contributed by atoms with E-state index in [2.05, 4.69) is 5.32 Å². The number of rotatable bonds is 7. The van der Waals surface area contributed by atoms with Crippen molar-refractivity contribution in [3.8, 4) is 0 Å². The second-order valence-electron chi connectivity index (χ2n) is 7.51. The summed E-state index contributed by atoms with van der Waals surface area (Å²) in [6, 6.07) is 10.9. The van der Waals surface area contributed by atoms with E-state index in [0.717, 1.165) is 22.4 Å². The molecule has 0 fully saturated rings. The quantitative estimate of drug-likeness (QED) is 0.609. The number of methoxy groups -OCH3 is 1. The number of anilines is 1. The summed E-state index contributed by atoms with van der Waals surface area (Å²) >= 11 is 0. The monoisotopic (exact) mass is 409 g/mol. The molecule has 0 aliphatic heterocycles. The largest absolute Gasteiger partial charge is 0.385 e. The number of aryl methyl sites for hydroxylation is 3. The summed E-state index contributed by atoms with van der Waals surface area (Å²) in [5.41, 5.74) is 3.38. The standard InChI is InChI=1S/C23H27N3O4/c1-15-12-16(2)21(17(3)13-15)24-20(27)14-26-19-9-6-5-8-18(19)22(28)25(23(26)29)10-7-11-30-4/h5-6,8-9,12-13H,7,10-11,14H2,1-4H3,(H,24,27). The Bertz CT molecular complexity index is 1180. The lowest BCUT2D eigenvalue weighted by Gasteiger charge is -2.16. The fourth-order valence-corrected chi connectivity index (χ4v) is 3.79. The summed E-state index contributed by atoms with van der Waals surface area (Å²) < 4.78 is 7.57. The summed E-state index contributed by atoms with van der Waals surface area (Å²) in [6.07, 6.45) is 0.526. The fourth-order valence-electron chi connectivity index (χ4n) is 3.79. The maximum absolute atomic E-state index is 13.1. The molecular weight excluding hydrogens is 382 g/mol. The Hall–Kier alpha value is -3.19. The zero-order valence-electron chi connectivity index (χ0n) is 17.8. The van der Waals surface area contributed by atoms with Crippen molar-refractivity contribution >= 4 is 22.5 Å². The van der Waals surface area contributed by atoms with Gasteiger partial charge in [0.2, 0.25) is 5.91 Å². The van der Waals surface area contributed by atoms with Crippen LogP contribution in [-0.4, -0.2) is 28.8 Å². The van der Waals surface area contributed by atoms with Crippen LogP contribution >= 0.6 is 0 Å². The maximum Gasteiger partial charge on any atom is 0.331 e. The number of hydrogen-bond acceptors (Lipinski definition) is 4.